The van der Waals surface area contributed by atoms with Gasteiger partial charge in [-0.15, -0.1) is 0 Å². The largest absolute Gasteiger partial charge is 0.474 e. The molecule has 1 aliphatic rings. The van der Waals surface area contributed by atoms with Gasteiger partial charge in [0.25, 0.3) is 0 Å². The summed E-state index contributed by atoms with van der Waals surface area (Å²) in [5.41, 5.74) is 1.97. The van der Waals surface area contributed by atoms with E-state index in [1.54, 1.807) is 31.2 Å². The minimum Gasteiger partial charge on any atom is -0.474 e. The fourth-order valence-electron chi connectivity index (χ4n) is 4.98. The molecule has 1 aliphatic heterocycles. The summed E-state index contributed by atoms with van der Waals surface area (Å²) in [6.07, 6.45) is 0.663. The van der Waals surface area contributed by atoms with Crippen molar-refractivity contribution >= 4 is 5.97 Å². The minimum absolute atomic E-state index is 0.0248. The molecule has 40 heavy (non-hydrogen) atoms. The van der Waals surface area contributed by atoms with E-state index >= 15 is 0 Å². The lowest BCUT2D eigenvalue weighted by atomic mass is 9.87. The van der Waals surface area contributed by atoms with E-state index in [0.717, 1.165) is 49.7 Å². The number of rotatable bonds is 12. The topological polar surface area (TPSA) is 42.0 Å². The predicted molar refractivity (Wildman–Crippen MR) is 144 cm³/mol. The third-order valence-corrected chi connectivity index (χ3v) is 7.11. The van der Waals surface area contributed by atoms with Crippen molar-refractivity contribution < 1.29 is 31.8 Å². The molecular formula is C31H34F4N2O3. The number of benzene rings is 3. The number of hydrogen-bond acceptors (Lipinski definition) is 5. The molecular weight excluding hydrogens is 524 g/mol. The molecule has 0 radical (unpaired) electrons. The van der Waals surface area contributed by atoms with Gasteiger partial charge >= 0.3 is 5.97 Å². The van der Waals surface area contributed by atoms with Crippen LogP contribution in [0.3, 0.4) is 0 Å². The maximum atomic E-state index is 14.1. The van der Waals surface area contributed by atoms with Gasteiger partial charge < -0.3 is 14.4 Å². The van der Waals surface area contributed by atoms with Gasteiger partial charge in [0.1, 0.15) is 17.5 Å². The van der Waals surface area contributed by atoms with Crippen LogP contribution in [0.25, 0.3) is 0 Å². The Morgan fingerprint density at radius 2 is 1.35 bits per heavy atom. The standard InChI is InChI=1S/C31H34F4N2O3/c1-2-39-31(38)30(40-29-14-13-26(34)20-28(29)35)21-37-18-16-36(17-19-37)15-3-4-27(22-5-9-24(32)10-6-22)23-7-11-25(33)12-8-23/h5-14,20,27,30H,2-4,15-19,21H2,1H3/t30-/m0/s1. The molecule has 0 aromatic heterocycles. The minimum atomic E-state index is -1.04. The highest BCUT2D eigenvalue weighted by molar-refractivity contribution is 5.75. The first-order valence-corrected chi connectivity index (χ1v) is 13.6. The molecule has 0 amide bonds. The lowest BCUT2D eigenvalue weighted by Gasteiger charge is -2.36. The fraction of sp³-hybridized carbons (Fsp3) is 0.387. The van der Waals surface area contributed by atoms with Gasteiger partial charge in [-0.2, -0.15) is 0 Å². The Morgan fingerprint density at radius 3 is 1.90 bits per heavy atom. The van der Waals surface area contributed by atoms with E-state index in [1.165, 1.54) is 30.3 Å². The molecule has 9 heteroatoms. The van der Waals surface area contributed by atoms with Crippen LogP contribution < -0.4 is 4.74 Å². The van der Waals surface area contributed by atoms with Gasteiger partial charge in [-0.25, -0.2) is 22.4 Å². The Labute approximate surface area is 232 Å². The monoisotopic (exact) mass is 558 g/mol. The van der Waals surface area contributed by atoms with E-state index < -0.39 is 23.7 Å². The molecule has 4 rings (SSSR count). The first-order valence-electron chi connectivity index (χ1n) is 13.6. The van der Waals surface area contributed by atoms with Crippen LogP contribution in [-0.2, 0) is 9.53 Å². The van der Waals surface area contributed by atoms with Gasteiger partial charge in [0.15, 0.2) is 11.6 Å². The van der Waals surface area contributed by atoms with E-state index in [-0.39, 0.29) is 36.5 Å². The Balaban J connectivity index is 1.30. The lowest BCUT2D eigenvalue weighted by molar-refractivity contribution is -0.152. The average Bonchev–Trinajstić information content (AvgIpc) is 2.94. The molecule has 5 nitrogen and oxygen atoms in total. The van der Waals surface area contributed by atoms with E-state index in [1.807, 2.05) is 0 Å². The summed E-state index contributed by atoms with van der Waals surface area (Å²) in [6, 6.07) is 15.9. The maximum Gasteiger partial charge on any atom is 0.348 e. The van der Waals surface area contributed by atoms with E-state index in [0.29, 0.717) is 19.2 Å². The number of hydrogen-bond donors (Lipinski definition) is 0. The number of halogens is 4. The number of ether oxygens (including phenoxy) is 2. The third-order valence-electron chi connectivity index (χ3n) is 7.11. The first kappa shape index (κ1) is 29.6. The van der Waals surface area contributed by atoms with Crippen LogP contribution in [0.15, 0.2) is 66.7 Å². The molecule has 0 unspecified atom stereocenters. The molecule has 0 N–H and O–H groups in total. The van der Waals surface area contributed by atoms with Crippen molar-refractivity contribution in [2.75, 3.05) is 45.9 Å². The molecule has 3 aromatic rings. The normalized spacial score (nSPS) is 15.2. The smallest absolute Gasteiger partial charge is 0.348 e. The number of carbonyl (C=O) groups is 1. The average molecular weight is 559 g/mol. The zero-order valence-electron chi connectivity index (χ0n) is 22.5. The summed E-state index contributed by atoms with van der Waals surface area (Å²) in [5, 5.41) is 0. The number of esters is 1. The van der Waals surface area contributed by atoms with Crippen LogP contribution in [0.5, 0.6) is 5.75 Å². The molecule has 1 heterocycles. The molecule has 0 aliphatic carbocycles. The van der Waals surface area contributed by atoms with Gasteiger partial charge in [0, 0.05) is 44.7 Å². The summed E-state index contributed by atoms with van der Waals surface area (Å²) in [4.78, 5) is 16.9. The van der Waals surface area contributed by atoms with Crippen LogP contribution in [0, 0.1) is 23.3 Å². The summed E-state index contributed by atoms with van der Waals surface area (Å²) < 4.78 is 65.2. The van der Waals surface area contributed by atoms with E-state index in [2.05, 4.69) is 9.80 Å². The first-order chi connectivity index (χ1) is 19.3. The van der Waals surface area contributed by atoms with Crippen molar-refractivity contribution in [1.29, 1.82) is 0 Å². The van der Waals surface area contributed by atoms with Gasteiger partial charge in [-0.1, -0.05) is 24.3 Å². The Hall–Kier alpha value is -3.43. The third kappa shape index (κ3) is 8.29. The SMILES string of the molecule is CCOC(=O)[C@H](CN1CCN(CCCC(c2ccc(F)cc2)c2ccc(F)cc2)CC1)Oc1ccc(F)cc1F. The number of nitrogens with zero attached hydrogens (tertiary/aromatic N) is 2. The van der Waals surface area contributed by atoms with Gasteiger partial charge in [-0.05, 0) is 73.8 Å². The molecule has 1 atom stereocenters. The molecule has 214 valence electrons. The highest BCUT2D eigenvalue weighted by Gasteiger charge is 2.28. The van der Waals surface area contributed by atoms with Crippen LogP contribution in [-0.4, -0.2) is 67.7 Å². The summed E-state index contributed by atoms with van der Waals surface area (Å²) in [5.74, 6) is -2.96. The van der Waals surface area contributed by atoms with Crippen molar-refractivity contribution in [3.8, 4) is 5.75 Å². The zero-order valence-corrected chi connectivity index (χ0v) is 22.5. The highest BCUT2D eigenvalue weighted by atomic mass is 19.1. The van der Waals surface area contributed by atoms with Crippen molar-refractivity contribution in [2.24, 2.45) is 0 Å². The number of carbonyl (C=O) groups excluding carboxylic acids is 1. The summed E-state index contributed by atoms with van der Waals surface area (Å²) in [6.45, 7) is 5.84. The molecule has 3 aromatic carbocycles. The van der Waals surface area contributed by atoms with Gasteiger partial charge in [-0.3, -0.25) is 4.90 Å². The van der Waals surface area contributed by atoms with Crippen molar-refractivity contribution in [1.82, 2.24) is 9.80 Å². The van der Waals surface area contributed by atoms with Crippen LogP contribution in [0.2, 0.25) is 0 Å². The van der Waals surface area contributed by atoms with Crippen molar-refractivity contribution in [3.63, 3.8) is 0 Å². The van der Waals surface area contributed by atoms with Crippen molar-refractivity contribution in [2.45, 2.75) is 31.8 Å². The summed E-state index contributed by atoms with van der Waals surface area (Å²) >= 11 is 0. The fourth-order valence-corrected chi connectivity index (χ4v) is 4.98. The summed E-state index contributed by atoms with van der Waals surface area (Å²) in [7, 11) is 0. The Morgan fingerprint density at radius 1 is 0.800 bits per heavy atom. The van der Waals surface area contributed by atoms with Crippen LogP contribution in [0.4, 0.5) is 17.6 Å². The molecule has 1 fully saturated rings. The van der Waals surface area contributed by atoms with Gasteiger partial charge in [0.2, 0.25) is 6.10 Å². The van der Waals surface area contributed by atoms with E-state index in [4.69, 9.17) is 9.47 Å². The second kappa shape index (κ2) is 14.3. The number of piperazine rings is 1. The zero-order chi connectivity index (χ0) is 28.5. The Bertz CT molecular complexity index is 1190. The van der Waals surface area contributed by atoms with E-state index in [9.17, 15) is 22.4 Å². The molecule has 0 saturated carbocycles. The van der Waals surface area contributed by atoms with Crippen LogP contribution in [0.1, 0.15) is 36.8 Å². The highest BCUT2D eigenvalue weighted by Crippen LogP contribution is 2.30. The maximum absolute atomic E-state index is 14.1. The van der Waals surface area contributed by atoms with Crippen molar-refractivity contribution in [3.05, 3.63) is 101 Å². The second-order valence-corrected chi connectivity index (χ2v) is 9.87. The van der Waals surface area contributed by atoms with Gasteiger partial charge in [0.05, 0.1) is 6.61 Å². The Kier molecular flexibility index (Phi) is 10.5. The quantitative estimate of drug-likeness (QED) is 0.208. The van der Waals surface area contributed by atoms with Crippen LogP contribution >= 0.6 is 0 Å². The molecule has 0 bridgehead atoms. The molecule has 0 spiro atoms. The predicted octanol–water partition coefficient (Wildman–Crippen LogP) is 5.78. The lowest BCUT2D eigenvalue weighted by Crippen LogP contribution is -2.51. The second-order valence-electron chi connectivity index (χ2n) is 9.87. The molecule has 1 saturated heterocycles.